The molecule has 1 fully saturated rings. The largest absolute Gasteiger partial charge is 0.481 e. The first-order chi connectivity index (χ1) is 9.95. The van der Waals surface area contributed by atoms with Gasteiger partial charge in [-0.15, -0.1) is 0 Å². The molecular weight excluding hydrogens is 278 g/mol. The van der Waals surface area contributed by atoms with Crippen molar-refractivity contribution in [1.82, 2.24) is 4.90 Å². The molecule has 21 heavy (non-hydrogen) atoms. The fraction of sp³-hybridized carbons (Fsp3) is 0.857. The van der Waals surface area contributed by atoms with Crippen LogP contribution in [-0.2, 0) is 14.3 Å². The summed E-state index contributed by atoms with van der Waals surface area (Å²) in [5, 5.41) is 28.0. The van der Waals surface area contributed by atoms with E-state index in [1.807, 2.05) is 0 Å². The summed E-state index contributed by atoms with van der Waals surface area (Å²) in [4.78, 5) is 24.0. The van der Waals surface area contributed by atoms with Crippen molar-refractivity contribution in [2.24, 2.45) is 11.8 Å². The quantitative estimate of drug-likeness (QED) is 0.525. The van der Waals surface area contributed by atoms with Gasteiger partial charge >= 0.3 is 11.9 Å². The van der Waals surface area contributed by atoms with Gasteiger partial charge in [0.05, 0.1) is 24.5 Å². The third-order valence-electron chi connectivity index (χ3n) is 3.75. The van der Waals surface area contributed by atoms with Crippen LogP contribution in [-0.4, -0.2) is 71.1 Å². The van der Waals surface area contributed by atoms with Crippen LogP contribution in [0, 0.1) is 11.8 Å². The number of hydrogen-bond donors (Lipinski definition) is 3. The molecular formula is C14H25NO6. The minimum absolute atomic E-state index is 0.151. The SMILES string of the molecule is CCCCOCC(O)CN1CCC(C(=O)O)C(C(=O)O)C1. The van der Waals surface area contributed by atoms with Gasteiger partial charge in [0, 0.05) is 19.7 Å². The third kappa shape index (κ3) is 5.99. The van der Waals surface area contributed by atoms with Gasteiger partial charge in [-0.1, -0.05) is 13.3 Å². The zero-order chi connectivity index (χ0) is 15.8. The van der Waals surface area contributed by atoms with Crippen LogP contribution in [0.2, 0.25) is 0 Å². The third-order valence-corrected chi connectivity index (χ3v) is 3.75. The molecule has 1 aliphatic rings. The van der Waals surface area contributed by atoms with Crippen molar-refractivity contribution in [3.8, 4) is 0 Å². The summed E-state index contributed by atoms with van der Waals surface area (Å²) in [5.41, 5.74) is 0. The van der Waals surface area contributed by atoms with E-state index < -0.39 is 29.9 Å². The standard InChI is InChI=1S/C14H25NO6/c1-2-3-6-21-9-10(16)7-15-5-4-11(13(17)18)12(8-15)14(19)20/h10-12,16H,2-9H2,1H3,(H,17,18)(H,19,20). The van der Waals surface area contributed by atoms with Gasteiger partial charge < -0.3 is 20.1 Å². The lowest BCUT2D eigenvalue weighted by molar-refractivity contribution is -0.157. The van der Waals surface area contributed by atoms with Crippen LogP contribution < -0.4 is 0 Å². The van der Waals surface area contributed by atoms with Crippen molar-refractivity contribution in [1.29, 1.82) is 0 Å². The summed E-state index contributed by atoms with van der Waals surface area (Å²) in [6.45, 7) is 3.81. The van der Waals surface area contributed by atoms with E-state index in [9.17, 15) is 14.7 Å². The second-order valence-corrected chi connectivity index (χ2v) is 5.52. The highest BCUT2D eigenvalue weighted by Crippen LogP contribution is 2.24. The van der Waals surface area contributed by atoms with Gasteiger partial charge in [-0.05, 0) is 19.4 Å². The number of ether oxygens (including phenoxy) is 1. The summed E-state index contributed by atoms with van der Waals surface area (Å²) in [6, 6.07) is 0. The fourth-order valence-corrected chi connectivity index (χ4v) is 2.55. The minimum Gasteiger partial charge on any atom is -0.481 e. The molecule has 0 amide bonds. The van der Waals surface area contributed by atoms with E-state index in [0.717, 1.165) is 12.8 Å². The number of carboxylic acid groups (broad SMARTS) is 2. The van der Waals surface area contributed by atoms with Crippen LogP contribution >= 0.6 is 0 Å². The lowest BCUT2D eigenvalue weighted by atomic mass is 9.85. The van der Waals surface area contributed by atoms with Crippen molar-refractivity contribution in [2.75, 3.05) is 32.8 Å². The van der Waals surface area contributed by atoms with Gasteiger partial charge in [-0.25, -0.2) is 0 Å². The van der Waals surface area contributed by atoms with E-state index in [1.165, 1.54) is 0 Å². The Kier molecular flexibility index (Phi) is 7.63. The number of unbranched alkanes of at least 4 members (excludes halogenated alkanes) is 1. The van der Waals surface area contributed by atoms with Crippen LogP contribution in [0.4, 0.5) is 0 Å². The molecule has 0 aromatic carbocycles. The summed E-state index contributed by atoms with van der Waals surface area (Å²) < 4.78 is 5.32. The first-order valence-corrected chi connectivity index (χ1v) is 7.39. The molecule has 1 saturated heterocycles. The molecule has 3 N–H and O–H groups in total. The number of rotatable bonds is 9. The fourth-order valence-electron chi connectivity index (χ4n) is 2.55. The van der Waals surface area contributed by atoms with Crippen LogP contribution in [0.5, 0.6) is 0 Å². The molecule has 7 nitrogen and oxygen atoms in total. The average molecular weight is 303 g/mol. The minimum atomic E-state index is -1.10. The van der Waals surface area contributed by atoms with Crippen molar-refractivity contribution in [2.45, 2.75) is 32.3 Å². The summed E-state index contributed by atoms with van der Waals surface area (Å²) in [6.07, 6.45) is 1.57. The smallest absolute Gasteiger partial charge is 0.308 e. The van der Waals surface area contributed by atoms with Gasteiger partial charge in [-0.2, -0.15) is 0 Å². The highest BCUT2D eigenvalue weighted by molar-refractivity contribution is 5.80. The molecule has 3 atom stereocenters. The number of aliphatic hydroxyl groups excluding tert-OH is 1. The Morgan fingerprint density at radius 2 is 1.95 bits per heavy atom. The number of piperidine rings is 1. The maximum atomic E-state index is 11.2. The molecule has 0 radical (unpaired) electrons. The molecule has 1 aliphatic heterocycles. The van der Waals surface area contributed by atoms with E-state index in [4.69, 9.17) is 14.9 Å². The number of hydrogen-bond acceptors (Lipinski definition) is 5. The number of β-amino-alcohol motifs (C(OH)–C–C–N with tert-alkyl or cyclic N) is 1. The molecule has 3 unspecified atom stereocenters. The van der Waals surface area contributed by atoms with Crippen LogP contribution in [0.25, 0.3) is 0 Å². The Labute approximate surface area is 124 Å². The van der Waals surface area contributed by atoms with Gasteiger partial charge in [0.25, 0.3) is 0 Å². The van der Waals surface area contributed by atoms with Crippen molar-refractivity contribution in [3.63, 3.8) is 0 Å². The van der Waals surface area contributed by atoms with Crippen molar-refractivity contribution < 1.29 is 29.6 Å². The second kappa shape index (κ2) is 8.96. The van der Waals surface area contributed by atoms with E-state index >= 15 is 0 Å². The molecule has 0 aliphatic carbocycles. The van der Waals surface area contributed by atoms with Crippen molar-refractivity contribution >= 4 is 11.9 Å². The van der Waals surface area contributed by atoms with Gasteiger partial charge in [0.15, 0.2) is 0 Å². The Bertz CT molecular complexity index is 348. The maximum absolute atomic E-state index is 11.2. The first kappa shape index (κ1) is 17.9. The van der Waals surface area contributed by atoms with Crippen LogP contribution in [0.3, 0.4) is 0 Å². The van der Waals surface area contributed by atoms with E-state index in [1.54, 1.807) is 4.90 Å². The zero-order valence-corrected chi connectivity index (χ0v) is 12.4. The molecule has 0 aromatic heterocycles. The van der Waals surface area contributed by atoms with E-state index in [2.05, 4.69) is 6.92 Å². The maximum Gasteiger partial charge on any atom is 0.308 e. The van der Waals surface area contributed by atoms with Gasteiger partial charge in [0.1, 0.15) is 0 Å². The molecule has 1 heterocycles. The van der Waals surface area contributed by atoms with E-state index in [0.29, 0.717) is 19.7 Å². The first-order valence-electron chi connectivity index (χ1n) is 7.39. The number of aliphatic hydroxyl groups is 1. The summed E-state index contributed by atoms with van der Waals surface area (Å²) >= 11 is 0. The van der Waals surface area contributed by atoms with Gasteiger partial charge in [0.2, 0.25) is 0 Å². The number of carbonyl (C=O) groups is 2. The second-order valence-electron chi connectivity index (χ2n) is 5.52. The van der Waals surface area contributed by atoms with Crippen LogP contribution in [0.1, 0.15) is 26.2 Å². The molecule has 0 bridgehead atoms. The number of likely N-dealkylation sites (tertiary alicyclic amines) is 1. The molecule has 0 saturated carbocycles. The predicted octanol–water partition coefficient (Wildman–Crippen LogP) is 0.271. The average Bonchev–Trinajstić information content (AvgIpc) is 2.43. The van der Waals surface area contributed by atoms with Crippen LogP contribution in [0.15, 0.2) is 0 Å². The summed E-state index contributed by atoms with van der Waals surface area (Å²) in [7, 11) is 0. The normalized spacial score (nSPS) is 24.7. The zero-order valence-electron chi connectivity index (χ0n) is 12.4. The van der Waals surface area contributed by atoms with Crippen molar-refractivity contribution in [3.05, 3.63) is 0 Å². The Hall–Kier alpha value is -1.18. The highest BCUT2D eigenvalue weighted by Gasteiger charge is 2.38. The Morgan fingerprint density at radius 3 is 2.52 bits per heavy atom. The summed E-state index contributed by atoms with van der Waals surface area (Å²) in [5.74, 6) is -3.94. The predicted molar refractivity (Wildman–Crippen MR) is 75.0 cm³/mol. The van der Waals surface area contributed by atoms with E-state index in [-0.39, 0.29) is 19.6 Å². The lowest BCUT2D eigenvalue weighted by Gasteiger charge is -2.35. The molecule has 0 spiro atoms. The Balaban J connectivity index is 2.40. The molecule has 7 heteroatoms. The topological polar surface area (TPSA) is 107 Å². The number of nitrogens with zero attached hydrogens (tertiary/aromatic N) is 1. The number of carboxylic acids is 2. The molecule has 1 rings (SSSR count). The monoisotopic (exact) mass is 303 g/mol. The lowest BCUT2D eigenvalue weighted by Crippen LogP contribution is -2.49. The number of aliphatic carboxylic acids is 2. The molecule has 0 aromatic rings. The Morgan fingerprint density at radius 1 is 1.29 bits per heavy atom. The molecule has 122 valence electrons. The van der Waals surface area contributed by atoms with Gasteiger partial charge in [-0.3, -0.25) is 14.5 Å². The highest BCUT2D eigenvalue weighted by atomic mass is 16.5.